The van der Waals surface area contributed by atoms with E-state index < -0.39 is 47.0 Å². The molecule has 0 radical (unpaired) electrons. The largest absolute Gasteiger partial charge is 0.543 e. The zero-order valence-corrected chi connectivity index (χ0v) is 25.4. The van der Waals surface area contributed by atoms with Crippen molar-refractivity contribution >= 4 is 63.5 Å². The molecule has 0 bridgehead atoms. The van der Waals surface area contributed by atoms with Crippen molar-refractivity contribution in [1.82, 2.24) is 19.9 Å². The number of nitrogens with one attached hydrogen (secondary N) is 1. The molecule has 0 aromatic carbocycles. The molecule has 0 aliphatic carbocycles. The van der Waals surface area contributed by atoms with Crippen LogP contribution in [0.25, 0.3) is 0 Å². The fraction of sp³-hybridized carbons (Fsp3) is 0.269. The van der Waals surface area contributed by atoms with Crippen LogP contribution in [0.2, 0.25) is 0 Å². The number of pyridine rings is 2. The Morgan fingerprint density at radius 1 is 1.34 bits per heavy atom. The number of nitrogens with two attached hydrogens (primary N) is 1. The molecule has 3 aromatic rings. The van der Waals surface area contributed by atoms with Gasteiger partial charge in [0.05, 0.1) is 17.9 Å². The van der Waals surface area contributed by atoms with Gasteiger partial charge in [-0.25, -0.2) is 9.55 Å². The molecule has 5 heterocycles. The van der Waals surface area contributed by atoms with Gasteiger partial charge in [0.1, 0.15) is 29.3 Å². The third-order valence-electron chi connectivity index (χ3n) is 6.60. The number of aromatic nitrogens is 3. The van der Waals surface area contributed by atoms with Gasteiger partial charge in [0.2, 0.25) is 5.43 Å². The fourth-order valence-corrected chi connectivity index (χ4v) is 7.26. The van der Waals surface area contributed by atoms with Crippen molar-refractivity contribution in [3.05, 3.63) is 75.1 Å². The Kier molecular flexibility index (Phi) is 9.12. The second-order valence-electron chi connectivity index (χ2n) is 9.40. The van der Waals surface area contributed by atoms with Crippen LogP contribution in [0.15, 0.2) is 68.3 Å². The number of oxime groups is 1. The Labute approximate surface area is 261 Å². The number of β-lactam (4-membered cyclic amide) rings is 1. The van der Waals surface area contributed by atoms with E-state index in [0.29, 0.717) is 21.8 Å². The number of aryl methyl sites for hydroxylation is 1. The third-order valence-corrected chi connectivity index (χ3v) is 9.71. The second-order valence-corrected chi connectivity index (χ2v) is 12.4. The number of nitrogen functional groups attached to an aromatic ring is 1. The summed E-state index contributed by atoms with van der Waals surface area (Å²) in [6.07, 6.45) is 4.63. The molecule has 0 saturated carbocycles. The number of carbonyl (C=O) groups is 3. The molecule has 18 heteroatoms. The van der Waals surface area contributed by atoms with Crippen molar-refractivity contribution in [2.45, 2.75) is 36.4 Å². The smallest absolute Gasteiger partial charge is 0.276 e. The molecule has 2 amide bonds. The van der Waals surface area contributed by atoms with Crippen molar-refractivity contribution < 1.29 is 39.2 Å². The first-order chi connectivity index (χ1) is 21.1. The summed E-state index contributed by atoms with van der Waals surface area (Å²) in [5, 5.41) is 38.7. The second kappa shape index (κ2) is 13.0. The minimum absolute atomic E-state index is 0.0389. The van der Waals surface area contributed by atoms with E-state index in [9.17, 15) is 34.6 Å². The van der Waals surface area contributed by atoms with Crippen molar-refractivity contribution in [2.75, 3.05) is 17.2 Å². The van der Waals surface area contributed by atoms with Gasteiger partial charge in [-0.3, -0.25) is 19.3 Å². The average Bonchev–Trinajstić information content (AvgIpc) is 3.44. The predicted molar refractivity (Wildman–Crippen MR) is 157 cm³/mol. The van der Waals surface area contributed by atoms with E-state index in [0.717, 1.165) is 39.9 Å². The molecule has 5 rings (SSSR count). The Bertz CT molecular complexity index is 1740. The van der Waals surface area contributed by atoms with Gasteiger partial charge in [0.15, 0.2) is 35.6 Å². The van der Waals surface area contributed by atoms with E-state index >= 15 is 0 Å². The predicted octanol–water partition coefficient (Wildman–Crippen LogP) is -0.746. The lowest BCUT2D eigenvalue weighted by atomic mass is 10.0. The highest BCUT2D eigenvalue weighted by Gasteiger charge is 2.53. The lowest BCUT2D eigenvalue weighted by Gasteiger charge is -2.50. The highest BCUT2D eigenvalue weighted by atomic mass is 32.2. The molecule has 2 aliphatic heterocycles. The van der Waals surface area contributed by atoms with Crippen molar-refractivity contribution in [3.8, 4) is 5.75 Å². The molecule has 5 N–H and O–H groups in total. The lowest BCUT2D eigenvalue weighted by Crippen LogP contribution is -2.71. The molecule has 0 unspecified atom stereocenters. The topological polar surface area (TPSA) is 216 Å². The number of hydrogen-bond acceptors (Lipinski definition) is 14. The Morgan fingerprint density at radius 3 is 2.75 bits per heavy atom. The Morgan fingerprint density at radius 2 is 2.09 bits per heavy atom. The average molecular weight is 660 g/mol. The summed E-state index contributed by atoms with van der Waals surface area (Å²) in [4.78, 5) is 61.6. The zero-order valence-electron chi connectivity index (χ0n) is 22.9. The summed E-state index contributed by atoms with van der Waals surface area (Å²) in [6.45, 7) is 2.37. The van der Waals surface area contributed by atoms with Crippen LogP contribution in [0.1, 0.15) is 18.3 Å². The fourth-order valence-electron chi connectivity index (χ4n) is 4.34. The number of anilines is 1. The van der Waals surface area contributed by atoms with Crippen molar-refractivity contribution in [1.29, 1.82) is 0 Å². The van der Waals surface area contributed by atoms with Gasteiger partial charge < -0.3 is 36.1 Å². The number of carbonyl (C=O) groups excluding carboxylic acids is 3. The molecular formula is C26H25N7O8S3. The number of thiazole rings is 1. The molecule has 2 aliphatic rings. The summed E-state index contributed by atoms with van der Waals surface area (Å²) in [7, 11) is 0. The quantitative estimate of drug-likeness (QED) is 0.0500. The number of thioether (sulfide) groups is 2. The molecule has 44 heavy (non-hydrogen) atoms. The number of hydrogen-bond donors (Lipinski definition) is 4. The Balaban J connectivity index is 1.30. The molecular weight excluding hydrogens is 635 g/mol. The van der Waals surface area contributed by atoms with E-state index in [1.165, 1.54) is 28.9 Å². The van der Waals surface area contributed by atoms with E-state index in [1.807, 2.05) is 36.0 Å². The van der Waals surface area contributed by atoms with E-state index in [-0.39, 0.29) is 27.9 Å². The van der Waals surface area contributed by atoms with Crippen LogP contribution in [0.5, 0.6) is 5.75 Å². The molecule has 15 nitrogen and oxygen atoms in total. The maximum absolute atomic E-state index is 13.3. The monoisotopic (exact) mass is 659 g/mol. The first-order valence-corrected chi connectivity index (χ1v) is 15.8. The normalized spacial score (nSPS) is 18.1. The number of rotatable bonds is 11. The minimum atomic E-state index is -1.48. The van der Waals surface area contributed by atoms with Crippen LogP contribution in [-0.2, 0) is 32.4 Å². The van der Waals surface area contributed by atoms with Gasteiger partial charge in [-0.15, -0.1) is 34.9 Å². The highest BCUT2D eigenvalue weighted by Crippen LogP contribution is 2.41. The van der Waals surface area contributed by atoms with Crippen LogP contribution in [0.4, 0.5) is 5.13 Å². The summed E-state index contributed by atoms with van der Waals surface area (Å²) in [5.41, 5.74) is 4.89. The molecule has 3 aromatic heterocycles. The van der Waals surface area contributed by atoms with Crippen LogP contribution in [0, 0.1) is 0 Å². The SMILES string of the molecule is CC[n+]1ccc(SCC2=C(C(=O)[O-])N3C(=O)[C@@H](NC(=O)/C(=N\OCc4cc(=O)c(O)cn4O)c4csc(N)n4)[C@H]3SC2)cc1. The van der Waals surface area contributed by atoms with E-state index in [1.54, 1.807) is 0 Å². The van der Waals surface area contributed by atoms with E-state index in [4.69, 9.17) is 10.6 Å². The van der Waals surface area contributed by atoms with E-state index in [2.05, 4.69) is 15.5 Å². The van der Waals surface area contributed by atoms with Gasteiger partial charge in [-0.05, 0) is 12.5 Å². The number of carboxylic acid groups (broad SMARTS) is 1. The minimum Gasteiger partial charge on any atom is -0.543 e. The number of aromatic hydroxyl groups is 1. The van der Waals surface area contributed by atoms with Crippen LogP contribution < -0.4 is 26.2 Å². The van der Waals surface area contributed by atoms with Gasteiger partial charge in [0.25, 0.3) is 11.8 Å². The van der Waals surface area contributed by atoms with Gasteiger partial charge in [-0.2, -0.15) is 4.73 Å². The molecule has 230 valence electrons. The van der Waals surface area contributed by atoms with Crippen molar-refractivity contribution in [3.63, 3.8) is 0 Å². The van der Waals surface area contributed by atoms with Crippen molar-refractivity contribution in [2.24, 2.45) is 5.16 Å². The van der Waals surface area contributed by atoms with Crippen LogP contribution in [-0.4, -0.2) is 71.3 Å². The van der Waals surface area contributed by atoms with Gasteiger partial charge >= 0.3 is 0 Å². The summed E-state index contributed by atoms with van der Waals surface area (Å²) < 4.78 is 2.46. The summed E-state index contributed by atoms with van der Waals surface area (Å²) in [6, 6.07) is 3.71. The number of fused-ring (bicyclic) bond motifs is 1. The van der Waals surface area contributed by atoms with Crippen LogP contribution in [0.3, 0.4) is 0 Å². The van der Waals surface area contributed by atoms with Gasteiger partial charge in [0, 0.05) is 40.0 Å². The first kappa shape index (κ1) is 30.9. The standard InChI is InChI=1S/C26H25N7O8S3/c1-2-31-5-3-15(4-6-31)42-10-13-11-43-24-20(23(37)33(24)21(13)25(38)39)29-22(36)19(16-12-44-26(27)28-16)30-41-9-14-7-17(34)18(35)8-32(14)40/h3-8,12,20,24,40H,2,9-11H2,1H3,(H4-,27,28,29,35,36,38,39)/b30-19-/t20-,24-/m1/s1. The highest BCUT2D eigenvalue weighted by molar-refractivity contribution is 8.01. The first-order valence-electron chi connectivity index (χ1n) is 12.9. The molecule has 0 spiro atoms. The number of carboxylic acids is 1. The summed E-state index contributed by atoms with van der Waals surface area (Å²) >= 11 is 3.78. The molecule has 1 saturated heterocycles. The summed E-state index contributed by atoms with van der Waals surface area (Å²) in [5.74, 6) is -3.00. The number of nitrogens with zero attached hydrogens (tertiary/aromatic N) is 5. The number of aliphatic carboxylic acids is 1. The maximum atomic E-state index is 13.3. The molecule has 1 fully saturated rings. The Hall–Kier alpha value is -4.55. The zero-order chi connectivity index (χ0) is 31.5. The molecule has 2 atom stereocenters. The number of amides is 2. The maximum Gasteiger partial charge on any atom is 0.276 e. The third kappa shape index (κ3) is 6.36. The lowest BCUT2D eigenvalue weighted by molar-refractivity contribution is -0.693. The van der Waals surface area contributed by atoms with Gasteiger partial charge in [-0.1, -0.05) is 5.16 Å². The van der Waals surface area contributed by atoms with Crippen LogP contribution >= 0.6 is 34.9 Å².